The maximum Gasteiger partial charge on any atom is 0.306 e. The Morgan fingerprint density at radius 2 is 2.04 bits per heavy atom. The number of amides is 1. The van der Waals surface area contributed by atoms with Crippen molar-refractivity contribution in [2.24, 2.45) is 11.8 Å². The molecule has 124 valence electrons. The Morgan fingerprint density at radius 1 is 1.30 bits per heavy atom. The number of rotatable bonds is 2. The van der Waals surface area contributed by atoms with Crippen molar-refractivity contribution >= 4 is 11.9 Å². The molecule has 3 rings (SSSR count). The summed E-state index contributed by atoms with van der Waals surface area (Å²) in [5, 5.41) is 9.26. The van der Waals surface area contributed by atoms with Gasteiger partial charge in [-0.2, -0.15) is 0 Å². The van der Waals surface area contributed by atoms with Gasteiger partial charge in [0.05, 0.1) is 11.3 Å². The Labute approximate surface area is 137 Å². The molecule has 0 spiro atoms. The van der Waals surface area contributed by atoms with Crippen molar-refractivity contribution in [1.29, 1.82) is 0 Å². The molecule has 1 fully saturated rings. The molecule has 3 atom stereocenters. The molecule has 3 unspecified atom stereocenters. The number of nitrogens with zero attached hydrogens (tertiary/aromatic N) is 1. The molecule has 4 heteroatoms. The fourth-order valence-corrected chi connectivity index (χ4v) is 4.31. The van der Waals surface area contributed by atoms with Crippen molar-refractivity contribution in [1.82, 2.24) is 4.90 Å². The lowest BCUT2D eigenvalue weighted by atomic mass is 9.70. The van der Waals surface area contributed by atoms with Crippen LogP contribution in [0.4, 0.5) is 0 Å². The smallest absolute Gasteiger partial charge is 0.306 e. The van der Waals surface area contributed by atoms with Gasteiger partial charge in [0.2, 0.25) is 5.91 Å². The Morgan fingerprint density at radius 3 is 2.74 bits per heavy atom. The van der Waals surface area contributed by atoms with Crippen molar-refractivity contribution in [2.75, 3.05) is 13.1 Å². The molecule has 0 bridgehead atoms. The predicted octanol–water partition coefficient (Wildman–Crippen LogP) is 2.85. The summed E-state index contributed by atoms with van der Waals surface area (Å²) >= 11 is 0. The maximum atomic E-state index is 13.2. The van der Waals surface area contributed by atoms with Gasteiger partial charge < -0.3 is 10.0 Å². The minimum Gasteiger partial charge on any atom is -0.481 e. The van der Waals surface area contributed by atoms with Crippen molar-refractivity contribution in [3.05, 3.63) is 35.4 Å². The Kier molecular flexibility index (Phi) is 4.17. The third-order valence-corrected chi connectivity index (χ3v) is 5.72. The molecule has 0 saturated carbocycles. The highest BCUT2D eigenvalue weighted by Gasteiger charge is 2.43. The molecule has 1 saturated heterocycles. The third kappa shape index (κ3) is 2.75. The topological polar surface area (TPSA) is 57.6 Å². The minimum absolute atomic E-state index is 0.00707. The van der Waals surface area contributed by atoms with E-state index in [1.54, 1.807) is 0 Å². The van der Waals surface area contributed by atoms with Gasteiger partial charge in [-0.25, -0.2) is 0 Å². The summed E-state index contributed by atoms with van der Waals surface area (Å²) in [5.41, 5.74) is 1.97. The van der Waals surface area contributed by atoms with Crippen LogP contribution in [0.5, 0.6) is 0 Å². The van der Waals surface area contributed by atoms with Crippen LogP contribution < -0.4 is 0 Å². The first kappa shape index (κ1) is 16.0. The van der Waals surface area contributed by atoms with E-state index in [1.165, 1.54) is 5.56 Å². The number of aliphatic carboxylic acids is 1. The number of piperidine rings is 1. The van der Waals surface area contributed by atoms with Gasteiger partial charge in [-0.15, -0.1) is 0 Å². The van der Waals surface area contributed by atoms with E-state index in [0.717, 1.165) is 24.8 Å². The number of hydrogen-bond donors (Lipinski definition) is 1. The van der Waals surface area contributed by atoms with E-state index in [4.69, 9.17) is 0 Å². The Hall–Kier alpha value is -1.84. The Balaban J connectivity index is 1.83. The van der Waals surface area contributed by atoms with Gasteiger partial charge >= 0.3 is 5.97 Å². The summed E-state index contributed by atoms with van der Waals surface area (Å²) in [6, 6.07) is 8.25. The SMILES string of the molecule is CC1CN(C(=O)C2(C)CCCc3ccccc32)CCC1C(=O)O. The van der Waals surface area contributed by atoms with Gasteiger partial charge in [0.1, 0.15) is 0 Å². The number of hydrogen-bond acceptors (Lipinski definition) is 2. The first-order chi connectivity index (χ1) is 10.9. The highest BCUT2D eigenvalue weighted by atomic mass is 16.4. The molecule has 2 aliphatic rings. The van der Waals surface area contributed by atoms with Gasteiger partial charge in [-0.05, 0) is 49.7 Å². The quantitative estimate of drug-likeness (QED) is 0.913. The number of fused-ring (bicyclic) bond motifs is 1. The van der Waals surface area contributed by atoms with E-state index in [9.17, 15) is 14.7 Å². The van der Waals surface area contributed by atoms with Gasteiger partial charge in [0.15, 0.2) is 0 Å². The second-order valence-corrected chi connectivity index (χ2v) is 7.30. The molecule has 0 radical (unpaired) electrons. The molecule has 23 heavy (non-hydrogen) atoms. The summed E-state index contributed by atoms with van der Waals surface area (Å²) in [6.45, 7) is 5.10. The molecule has 4 nitrogen and oxygen atoms in total. The maximum absolute atomic E-state index is 13.2. The van der Waals surface area contributed by atoms with Gasteiger partial charge in [-0.3, -0.25) is 9.59 Å². The van der Waals surface area contributed by atoms with E-state index >= 15 is 0 Å². The first-order valence-electron chi connectivity index (χ1n) is 8.54. The molecule has 1 amide bonds. The van der Waals surface area contributed by atoms with Gasteiger partial charge in [-0.1, -0.05) is 31.2 Å². The monoisotopic (exact) mass is 315 g/mol. The van der Waals surface area contributed by atoms with Crippen molar-refractivity contribution < 1.29 is 14.7 Å². The van der Waals surface area contributed by atoms with E-state index in [1.807, 2.05) is 24.0 Å². The van der Waals surface area contributed by atoms with Crippen LogP contribution in [-0.2, 0) is 21.4 Å². The first-order valence-corrected chi connectivity index (χ1v) is 8.54. The lowest BCUT2D eigenvalue weighted by molar-refractivity contribution is -0.150. The van der Waals surface area contributed by atoms with E-state index in [2.05, 4.69) is 19.1 Å². The molecule has 1 heterocycles. The van der Waals surface area contributed by atoms with Crippen molar-refractivity contribution in [2.45, 2.75) is 44.9 Å². The molecular formula is C19H25NO3. The summed E-state index contributed by atoms with van der Waals surface area (Å²) in [6.07, 6.45) is 3.49. The third-order valence-electron chi connectivity index (χ3n) is 5.72. The van der Waals surface area contributed by atoms with E-state index in [-0.39, 0.29) is 17.7 Å². The number of carbonyl (C=O) groups excluding carboxylic acids is 1. The number of benzene rings is 1. The minimum atomic E-state index is -0.737. The number of carboxylic acid groups (broad SMARTS) is 1. The van der Waals surface area contributed by atoms with Crippen LogP contribution >= 0.6 is 0 Å². The Bertz CT molecular complexity index is 627. The molecule has 1 aromatic carbocycles. The number of aryl methyl sites for hydroxylation is 1. The normalized spacial score (nSPS) is 30.6. The van der Waals surface area contributed by atoms with Crippen LogP contribution in [0.25, 0.3) is 0 Å². The highest BCUT2D eigenvalue weighted by Crippen LogP contribution is 2.39. The fraction of sp³-hybridized carbons (Fsp3) is 0.579. The fourth-order valence-electron chi connectivity index (χ4n) is 4.31. The summed E-state index contributed by atoms with van der Waals surface area (Å²) in [7, 11) is 0. The highest BCUT2D eigenvalue weighted by molar-refractivity contribution is 5.89. The average molecular weight is 315 g/mol. The second-order valence-electron chi connectivity index (χ2n) is 7.30. The molecule has 1 aromatic rings. The molecule has 0 aromatic heterocycles. The zero-order chi connectivity index (χ0) is 16.6. The van der Waals surface area contributed by atoms with Crippen LogP contribution in [-0.4, -0.2) is 35.0 Å². The number of carboxylic acids is 1. The molecule has 1 aliphatic heterocycles. The molecule has 1 aliphatic carbocycles. The van der Waals surface area contributed by atoms with Crippen LogP contribution in [0, 0.1) is 11.8 Å². The number of likely N-dealkylation sites (tertiary alicyclic amines) is 1. The summed E-state index contributed by atoms with van der Waals surface area (Å²) < 4.78 is 0. The zero-order valence-electron chi connectivity index (χ0n) is 13.9. The van der Waals surface area contributed by atoms with Crippen molar-refractivity contribution in [3.63, 3.8) is 0 Å². The van der Waals surface area contributed by atoms with Gasteiger partial charge in [0, 0.05) is 13.1 Å². The van der Waals surface area contributed by atoms with Crippen LogP contribution in [0.3, 0.4) is 0 Å². The second kappa shape index (κ2) is 5.99. The van der Waals surface area contributed by atoms with Gasteiger partial charge in [0.25, 0.3) is 0 Å². The van der Waals surface area contributed by atoms with Crippen molar-refractivity contribution in [3.8, 4) is 0 Å². The lowest BCUT2D eigenvalue weighted by Gasteiger charge is -2.42. The predicted molar refractivity (Wildman–Crippen MR) is 88.2 cm³/mol. The van der Waals surface area contributed by atoms with E-state index < -0.39 is 11.4 Å². The zero-order valence-corrected chi connectivity index (χ0v) is 13.9. The molecular weight excluding hydrogens is 290 g/mol. The standard InChI is InChI=1S/C19H25NO3/c1-13-12-20(11-9-15(13)17(21)22)18(23)19(2)10-5-7-14-6-3-4-8-16(14)19/h3-4,6,8,13,15H,5,7,9-12H2,1-2H3,(H,21,22). The summed E-state index contributed by atoms with van der Waals surface area (Å²) in [5.74, 6) is -0.891. The van der Waals surface area contributed by atoms with Crippen LogP contribution in [0.2, 0.25) is 0 Å². The average Bonchev–Trinajstić information content (AvgIpc) is 2.54. The van der Waals surface area contributed by atoms with Crippen LogP contribution in [0.1, 0.15) is 44.2 Å². The van der Waals surface area contributed by atoms with E-state index in [0.29, 0.717) is 19.5 Å². The largest absolute Gasteiger partial charge is 0.481 e. The summed E-state index contributed by atoms with van der Waals surface area (Å²) in [4.78, 5) is 26.4. The molecule has 1 N–H and O–H groups in total. The number of carbonyl (C=O) groups is 2. The van der Waals surface area contributed by atoms with Crippen LogP contribution in [0.15, 0.2) is 24.3 Å². The lowest BCUT2D eigenvalue weighted by Crippen LogP contribution is -2.52.